The minimum atomic E-state index is -0.144. The summed E-state index contributed by atoms with van der Waals surface area (Å²) in [5, 5.41) is 32.4. The molecule has 17 rings (SSSR count). The molecular formula is C81H77N19O8. The van der Waals surface area contributed by atoms with Gasteiger partial charge in [-0.3, -0.25) is 24.9 Å². The van der Waals surface area contributed by atoms with Crippen LogP contribution in [0.3, 0.4) is 0 Å². The molecule has 15 aromatic rings. The highest BCUT2D eigenvalue weighted by molar-refractivity contribution is 5.69. The lowest BCUT2D eigenvalue weighted by Gasteiger charge is -2.17. The van der Waals surface area contributed by atoms with E-state index >= 15 is 0 Å². The van der Waals surface area contributed by atoms with Gasteiger partial charge in [0.25, 0.3) is 29.5 Å². The van der Waals surface area contributed by atoms with Gasteiger partial charge in [0.1, 0.15) is 0 Å². The highest BCUT2D eigenvalue weighted by Crippen LogP contribution is 2.35. The average molecular weight is 1440 g/mol. The third-order valence-corrected chi connectivity index (χ3v) is 17.1. The van der Waals surface area contributed by atoms with Gasteiger partial charge in [-0.25, -0.2) is 0 Å². The van der Waals surface area contributed by atoms with E-state index in [4.69, 9.17) is 32.1 Å². The summed E-state index contributed by atoms with van der Waals surface area (Å²) in [5.74, 6) is 6.52. The van der Waals surface area contributed by atoms with Crippen molar-refractivity contribution >= 4 is 22.7 Å². The molecule has 0 amide bonds. The van der Waals surface area contributed by atoms with E-state index < -0.39 is 0 Å². The molecule has 0 saturated carbocycles. The maximum absolute atomic E-state index is 9.19. The zero-order valence-electron chi connectivity index (χ0n) is 60.1. The van der Waals surface area contributed by atoms with Crippen LogP contribution >= 0.6 is 0 Å². The quantitative estimate of drug-likeness (QED) is 0.0759. The molecule has 0 unspecified atom stereocenters. The summed E-state index contributed by atoms with van der Waals surface area (Å²) < 4.78 is 38.0. The van der Waals surface area contributed by atoms with Crippen LogP contribution in [0.1, 0.15) is 45.2 Å². The highest BCUT2D eigenvalue weighted by Gasteiger charge is 2.20. The fraction of sp³-hybridized carbons (Fsp3) is 0.198. The lowest BCUT2D eigenvalue weighted by atomic mass is 10.2. The first kappa shape index (κ1) is 72.7. The second kappa shape index (κ2) is 36.1. The van der Waals surface area contributed by atoms with E-state index in [1.165, 1.54) is 37.1 Å². The van der Waals surface area contributed by atoms with Crippen molar-refractivity contribution in [2.45, 2.75) is 46.1 Å². The standard InChI is InChI=1S/C18H19N3O4.2C17H16N4O.C15H14N4O.C14H12N4O/c1-3-23-15-6-5-13(10-16(15)24-4-2)18-20-17(21-25-18)12-7-8-19-14(9-12)11-22;1-2-12-21(11-1)15-5-3-14(4-6-15)17-19-16(20-22-17)13-7-9-18-10-8-13;1-2-11-21(10-1)15-5-3-4-14(12-15)17-19-16(20-22-17)13-6-8-18-9-7-13;1-19(2)13-5-3-4-12(10-13)15-17-14(18-20-15)11-6-8-16-9-7-11;1-15-12-4-2-3-11(9-12)14-17-13(18-19-14)10-5-7-16-8-6-10/h5-10,22H,3-4,11H2,1-2H3;3-10H,1-2,11-12H2;3-9,12H,1-2,10-11H2;3-10H,1-2H3;2-9,15H,1H3. The molecule has 10 aromatic heterocycles. The normalized spacial score (nSPS) is 12.1. The minimum Gasteiger partial charge on any atom is -0.490 e. The van der Waals surface area contributed by atoms with E-state index in [9.17, 15) is 5.11 Å². The van der Waals surface area contributed by atoms with Crippen molar-refractivity contribution in [2.24, 2.45) is 0 Å². The van der Waals surface area contributed by atoms with E-state index in [0.29, 0.717) is 89.0 Å². The first-order chi connectivity index (χ1) is 53.1. The number of nitrogens with zero attached hydrogens (tertiary/aromatic N) is 18. The number of aromatic nitrogens is 15. The molecule has 5 aromatic carbocycles. The van der Waals surface area contributed by atoms with Crippen molar-refractivity contribution < 1.29 is 37.2 Å². The third-order valence-electron chi connectivity index (χ3n) is 17.1. The van der Waals surface area contributed by atoms with Gasteiger partial charge in [0.05, 0.1) is 25.5 Å². The Bertz CT molecular complexity index is 5260. The molecule has 27 nitrogen and oxygen atoms in total. The van der Waals surface area contributed by atoms with Gasteiger partial charge >= 0.3 is 0 Å². The number of aliphatic hydroxyl groups is 1. The van der Waals surface area contributed by atoms with Gasteiger partial charge < -0.3 is 57.2 Å². The topological polar surface area (TPSA) is 319 Å². The predicted molar refractivity (Wildman–Crippen MR) is 410 cm³/mol. The van der Waals surface area contributed by atoms with E-state index in [2.05, 4.69) is 115 Å². The number of aliphatic hydroxyl groups excluding tert-OH is 1. The zero-order valence-corrected chi connectivity index (χ0v) is 60.1. The Morgan fingerprint density at radius 3 is 1.22 bits per heavy atom. The van der Waals surface area contributed by atoms with E-state index in [-0.39, 0.29) is 6.61 Å². The minimum absolute atomic E-state index is 0.144. The fourth-order valence-corrected chi connectivity index (χ4v) is 11.5. The summed E-state index contributed by atoms with van der Waals surface area (Å²) in [6.07, 6.45) is 20.4. The van der Waals surface area contributed by atoms with Gasteiger partial charge in [0, 0.05) is 181 Å². The number of hydrogen-bond donors (Lipinski definition) is 2. The average Bonchev–Trinajstić information content (AvgIpc) is 1.70. The summed E-state index contributed by atoms with van der Waals surface area (Å²) in [6, 6.07) is 56.2. The molecule has 2 saturated heterocycles. The maximum atomic E-state index is 9.19. The molecule has 0 bridgehead atoms. The Morgan fingerprint density at radius 2 is 0.769 bits per heavy atom. The summed E-state index contributed by atoms with van der Waals surface area (Å²) in [7, 11) is 5.86. The van der Waals surface area contributed by atoms with Crippen LogP contribution in [0.4, 0.5) is 22.7 Å². The Balaban J connectivity index is 0.000000119. The molecule has 0 spiro atoms. The lowest BCUT2D eigenvalue weighted by Crippen LogP contribution is -2.17. The molecule has 0 aliphatic carbocycles. The molecule has 544 valence electrons. The van der Waals surface area contributed by atoms with Crippen LogP contribution < -0.4 is 29.5 Å². The summed E-state index contributed by atoms with van der Waals surface area (Å²) in [6.45, 7) is 9.30. The number of nitrogens with one attached hydrogen (secondary N) is 1. The number of rotatable bonds is 19. The smallest absolute Gasteiger partial charge is 0.258 e. The predicted octanol–water partition coefficient (Wildman–Crippen LogP) is 15.6. The molecule has 2 aliphatic heterocycles. The molecule has 0 atom stereocenters. The van der Waals surface area contributed by atoms with Crippen LogP contribution in [0, 0.1) is 0 Å². The molecule has 12 heterocycles. The highest BCUT2D eigenvalue weighted by atomic mass is 16.5. The summed E-state index contributed by atoms with van der Waals surface area (Å²) in [4.78, 5) is 49.0. The summed E-state index contributed by atoms with van der Waals surface area (Å²) >= 11 is 0. The van der Waals surface area contributed by atoms with Gasteiger partial charge in [-0.05, 0) is 197 Å². The number of pyridine rings is 5. The third kappa shape index (κ3) is 18.8. The number of hydrogen-bond acceptors (Lipinski definition) is 27. The second-order valence-corrected chi connectivity index (χ2v) is 24.5. The molecule has 2 fully saturated rings. The number of anilines is 4. The van der Waals surface area contributed by atoms with Gasteiger partial charge in [-0.15, -0.1) is 0 Å². The monoisotopic (exact) mass is 1440 g/mol. The Kier molecular flexibility index (Phi) is 24.3. The Hall–Kier alpha value is -13.7. The largest absolute Gasteiger partial charge is 0.490 e. The van der Waals surface area contributed by atoms with Crippen molar-refractivity contribution in [2.75, 3.05) is 80.6 Å². The SMILES string of the molecule is CCOc1ccc(-c2nc(-c3ccnc(CO)c3)no2)cc1OCC.CN(C)c1cccc(-c2nc(-c3ccncc3)no2)c1.CNc1cccc(-c2nc(-c3ccncc3)no2)c1.c1cc(-c2nc(-c3ccncc3)no2)cc(N2CCCC2)c1.c1cc(-c2noc(-c3ccc(N4CCCC4)cc3)n2)ccn1. The lowest BCUT2D eigenvalue weighted by molar-refractivity contribution is 0.277. The van der Waals surface area contributed by atoms with E-state index in [1.807, 2.05) is 179 Å². The molecular weight excluding hydrogens is 1370 g/mol. The van der Waals surface area contributed by atoms with Crippen LogP contribution in [-0.2, 0) is 6.61 Å². The van der Waals surface area contributed by atoms with Crippen molar-refractivity contribution in [1.29, 1.82) is 0 Å². The Morgan fingerprint density at radius 1 is 0.380 bits per heavy atom. The van der Waals surface area contributed by atoms with Crippen LogP contribution in [0.2, 0.25) is 0 Å². The number of ether oxygens (including phenoxy) is 2. The van der Waals surface area contributed by atoms with Crippen LogP contribution in [0.25, 0.3) is 114 Å². The molecule has 108 heavy (non-hydrogen) atoms. The van der Waals surface area contributed by atoms with E-state index in [1.54, 1.807) is 67.9 Å². The molecule has 2 N–H and O–H groups in total. The van der Waals surface area contributed by atoms with Gasteiger partial charge in [0.15, 0.2) is 11.5 Å². The number of benzene rings is 5. The van der Waals surface area contributed by atoms with Crippen LogP contribution in [-0.4, -0.2) is 141 Å². The fourth-order valence-electron chi connectivity index (χ4n) is 11.5. The van der Waals surface area contributed by atoms with Crippen LogP contribution in [0.15, 0.2) is 254 Å². The zero-order chi connectivity index (χ0) is 74.2. The molecule has 27 heteroatoms. The van der Waals surface area contributed by atoms with Gasteiger partial charge in [0.2, 0.25) is 29.1 Å². The second-order valence-electron chi connectivity index (χ2n) is 24.5. The van der Waals surface area contributed by atoms with Crippen LogP contribution in [0.5, 0.6) is 11.5 Å². The van der Waals surface area contributed by atoms with Crippen molar-refractivity contribution in [1.82, 2.24) is 75.6 Å². The van der Waals surface area contributed by atoms with Crippen molar-refractivity contribution in [3.05, 3.63) is 237 Å². The van der Waals surface area contributed by atoms with Gasteiger partial charge in [-0.1, -0.05) is 44.0 Å². The Labute approximate surface area is 622 Å². The summed E-state index contributed by atoms with van der Waals surface area (Å²) in [5.41, 5.74) is 13.8. The van der Waals surface area contributed by atoms with Crippen molar-refractivity contribution in [3.8, 4) is 126 Å². The maximum Gasteiger partial charge on any atom is 0.258 e. The van der Waals surface area contributed by atoms with Crippen molar-refractivity contribution in [3.63, 3.8) is 0 Å². The first-order valence-electron chi connectivity index (χ1n) is 35.2. The first-order valence-corrected chi connectivity index (χ1v) is 35.2. The van der Waals surface area contributed by atoms with E-state index in [0.717, 1.165) is 93.2 Å². The molecule has 2 aliphatic rings. The van der Waals surface area contributed by atoms with Gasteiger partial charge in [-0.2, -0.15) is 24.9 Å². The molecule has 0 radical (unpaired) electrons.